The minimum Gasteiger partial charge on any atom is -0.492 e. The van der Waals surface area contributed by atoms with Gasteiger partial charge in [0, 0.05) is 17.8 Å². The molecule has 0 radical (unpaired) electrons. The number of guanidine groups is 1. The Morgan fingerprint density at radius 3 is 2.70 bits per heavy atom. The van der Waals surface area contributed by atoms with Crippen LogP contribution in [0.4, 0.5) is 5.69 Å². The van der Waals surface area contributed by atoms with E-state index in [9.17, 15) is 4.79 Å². The van der Waals surface area contributed by atoms with Crippen LogP contribution in [-0.2, 0) is 4.79 Å². The predicted molar refractivity (Wildman–Crippen MR) is 109 cm³/mol. The topological polar surface area (TPSA) is 74.8 Å². The smallest absolute Gasteiger partial charge is 0.246 e. The Balaban J connectivity index is 1.79. The number of terminal acetylenes is 1. The quantitative estimate of drug-likeness (QED) is 0.291. The van der Waals surface area contributed by atoms with Crippen molar-refractivity contribution in [1.82, 2.24) is 10.6 Å². The van der Waals surface area contributed by atoms with E-state index in [0.717, 1.165) is 5.75 Å². The summed E-state index contributed by atoms with van der Waals surface area (Å²) in [7, 11) is 0. The molecule has 2 aromatic rings. The summed E-state index contributed by atoms with van der Waals surface area (Å²) in [6.45, 7) is 3.70. The summed E-state index contributed by atoms with van der Waals surface area (Å²) in [5.74, 6) is 3.69. The predicted octanol–water partition coefficient (Wildman–Crippen LogP) is 2.24. The number of nitrogens with one attached hydrogen (secondary N) is 3. The molecule has 0 fully saturated rings. The van der Waals surface area contributed by atoms with Gasteiger partial charge in [0.1, 0.15) is 18.9 Å². The van der Waals surface area contributed by atoms with Crippen molar-refractivity contribution in [1.29, 1.82) is 0 Å². The Labute approximate surface area is 160 Å². The SMILES string of the molecule is C#Cc1cccc(NC(=O)CN=C(NCC)NCCOc2ccccc2)c1. The van der Waals surface area contributed by atoms with E-state index in [1.165, 1.54) is 0 Å². The highest BCUT2D eigenvalue weighted by atomic mass is 16.5. The van der Waals surface area contributed by atoms with Crippen LogP contribution < -0.4 is 20.7 Å². The Hall–Kier alpha value is -3.46. The molecule has 0 aromatic heterocycles. The van der Waals surface area contributed by atoms with Gasteiger partial charge in [0.15, 0.2) is 5.96 Å². The van der Waals surface area contributed by atoms with Gasteiger partial charge in [-0.1, -0.05) is 30.2 Å². The molecule has 6 heteroatoms. The number of amides is 1. The van der Waals surface area contributed by atoms with Crippen LogP contribution in [0.3, 0.4) is 0 Å². The first-order valence-corrected chi connectivity index (χ1v) is 8.78. The van der Waals surface area contributed by atoms with Gasteiger partial charge in [-0.2, -0.15) is 0 Å². The number of anilines is 1. The zero-order valence-electron chi connectivity index (χ0n) is 15.4. The molecule has 6 nitrogen and oxygen atoms in total. The summed E-state index contributed by atoms with van der Waals surface area (Å²) >= 11 is 0. The van der Waals surface area contributed by atoms with Crippen LogP contribution in [0.1, 0.15) is 12.5 Å². The highest BCUT2D eigenvalue weighted by molar-refractivity contribution is 5.94. The third-order valence-corrected chi connectivity index (χ3v) is 3.44. The Morgan fingerprint density at radius 2 is 1.96 bits per heavy atom. The second-order valence-corrected chi connectivity index (χ2v) is 5.56. The number of ether oxygens (including phenoxy) is 1. The first-order valence-electron chi connectivity index (χ1n) is 8.78. The van der Waals surface area contributed by atoms with E-state index in [0.29, 0.717) is 36.9 Å². The second-order valence-electron chi connectivity index (χ2n) is 5.56. The maximum absolute atomic E-state index is 12.1. The van der Waals surface area contributed by atoms with E-state index in [1.54, 1.807) is 24.3 Å². The van der Waals surface area contributed by atoms with Crippen LogP contribution >= 0.6 is 0 Å². The summed E-state index contributed by atoms with van der Waals surface area (Å²) < 4.78 is 5.62. The van der Waals surface area contributed by atoms with Gasteiger partial charge in [0.2, 0.25) is 5.91 Å². The third kappa shape index (κ3) is 7.53. The first-order chi connectivity index (χ1) is 13.2. The molecule has 140 valence electrons. The van der Waals surface area contributed by atoms with Gasteiger partial charge in [-0.3, -0.25) is 4.79 Å². The van der Waals surface area contributed by atoms with E-state index in [1.807, 2.05) is 37.3 Å². The molecule has 27 heavy (non-hydrogen) atoms. The van der Waals surface area contributed by atoms with Crippen LogP contribution in [0.5, 0.6) is 5.75 Å². The number of carbonyl (C=O) groups excluding carboxylic acids is 1. The molecule has 0 saturated heterocycles. The highest BCUT2D eigenvalue weighted by Gasteiger charge is 2.04. The molecule has 0 aliphatic carbocycles. The van der Waals surface area contributed by atoms with Gasteiger partial charge in [-0.25, -0.2) is 4.99 Å². The molecule has 0 aliphatic rings. The maximum Gasteiger partial charge on any atom is 0.246 e. The van der Waals surface area contributed by atoms with Gasteiger partial charge in [0.25, 0.3) is 0 Å². The molecule has 1 amide bonds. The highest BCUT2D eigenvalue weighted by Crippen LogP contribution is 2.09. The monoisotopic (exact) mass is 364 g/mol. The van der Waals surface area contributed by atoms with E-state index >= 15 is 0 Å². The Bertz CT molecular complexity index is 797. The number of hydrogen-bond acceptors (Lipinski definition) is 3. The van der Waals surface area contributed by atoms with Crippen molar-refractivity contribution in [3.05, 3.63) is 60.2 Å². The minimum absolute atomic E-state index is 0.00480. The Morgan fingerprint density at radius 1 is 1.15 bits per heavy atom. The summed E-state index contributed by atoms with van der Waals surface area (Å²) in [6, 6.07) is 16.7. The van der Waals surface area contributed by atoms with E-state index in [4.69, 9.17) is 11.2 Å². The standard InChI is InChI=1S/C21H24N4O2/c1-3-17-9-8-10-18(15-17)25-20(26)16-24-21(22-4-2)23-13-14-27-19-11-6-5-7-12-19/h1,5-12,15H,4,13-14,16H2,2H3,(H,25,26)(H2,22,23,24). The molecule has 0 unspecified atom stereocenters. The molecule has 0 bridgehead atoms. The summed E-state index contributed by atoms with van der Waals surface area (Å²) in [6.07, 6.45) is 5.37. The number of rotatable bonds is 8. The third-order valence-electron chi connectivity index (χ3n) is 3.44. The molecule has 3 N–H and O–H groups in total. The first kappa shape index (κ1) is 19.9. The number of benzene rings is 2. The summed E-state index contributed by atoms with van der Waals surface area (Å²) in [5.41, 5.74) is 1.37. The van der Waals surface area contributed by atoms with Crippen molar-refractivity contribution >= 4 is 17.6 Å². The summed E-state index contributed by atoms with van der Waals surface area (Å²) in [4.78, 5) is 16.4. The molecule has 0 heterocycles. The van der Waals surface area contributed by atoms with Gasteiger partial charge in [-0.05, 0) is 37.3 Å². The molecule has 0 spiro atoms. The molecule has 2 rings (SSSR count). The van der Waals surface area contributed by atoms with Crippen LogP contribution in [-0.4, -0.2) is 38.1 Å². The lowest BCUT2D eigenvalue weighted by Gasteiger charge is -2.12. The van der Waals surface area contributed by atoms with Crippen molar-refractivity contribution < 1.29 is 9.53 Å². The molecule has 2 aromatic carbocycles. The fourth-order valence-corrected chi connectivity index (χ4v) is 2.23. The van der Waals surface area contributed by atoms with Gasteiger partial charge in [0.05, 0.1) is 6.54 Å². The second kappa shape index (κ2) is 11.2. The van der Waals surface area contributed by atoms with Crippen LogP contribution in [0.15, 0.2) is 59.6 Å². The van der Waals surface area contributed by atoms with Crippen LogP contribution in [0.25, 0.3) is 0 Å². The van der Waals surface area contributed by atoms with E-state index < -0.39 is 0 Å². The van der Waals surface area contributed by atoms with E-state index in [2.05, 4.69) is 26.9 Å². The van der Waals surface area contributed by atoms with Crippen molar-refractivity contribution in [2.45, 2.75) is 6.92 Å². The molecular weight excluding hydrogens is 340 g/mol. The zero-order chi connectivity index (χ0) is 19.3. The molecular formula is C21H24N4O2. The van der Waals surface area contributed by atoms with Crippen molar-refractivity contribution in [2.24, 2.45) is 4.99 Å². The normalized spacial score (nSPS) is 10.6. The molecule has 0 aliphatic heterocycles. The Kier molecular flexibility index (Phi) is 8.25. The fraction of sp³-hybridized carbons (Fsp3) is 0.238. The average molecular weight is 364 g/mol. The van der Waals surface area contributed by atoms with Crippen molar-refractivity contribution in [2.75, 3.05) is 31.6 Å². The van der Waals surface area contributed by atoms with Crippen molar-refractivity contribution in [3.8, 4) is 18.1 Å². The minimum atomic E-state index is -0.220. The number of hydrogen-bond donors (Lipinski definition) is 3. The maximum atomic E-state index is 12.1. The number of carbonyl (C=O) groups is 1. The summed E-state index contributed by atoms with van der Waals surface area (Å²) in [5, 5.41) is 9.01. The lowest BCUT2D eigenvalue weighted by molar-refractivity contribution is -0.114. The fourth-order valence-electron chi connectivity index (χ4n) is 2.23. The molecule has 0 saturated carbocycles. The largest absolute Gasteiger partial charge is 0.492 e. The average Bonchev–Trinajstić information content (AvgIpc) is 2.70. The lowest BCUT2D eigenvalue weighted by atomic mass is 10.2. The van der Waals surface area contributed by atoms with E-state index in [-0.39, 0.29) is 12.5 Å². The van der Waals surface area contributed by atoms with Gasteiger partial charge >= 0.3 is 0 Å². The number of para-hydroxylation sites is 1. The van der Waals surface area contributed by atoms with Gasteiger partial charge < -0.3 is 20.7 Å². The zero-order valence-corrected chi connectivity index (χ0v) is 15.4. The number of nitrogens with zero attached hydrogens (tertiary/aromatic N) is 1. The number of aliphatic imine (C=N–C) groups is 1. The molecule has 0 atom stereocenters. The van der Waals surface area contributed by atoms with Crippen LogP contribution in [0, 0.1) is 12.3 Å². The van der Waals surface area contributed by atoms with Crippen LogP contribution in [0.2, 0.25) is 0 Å². The van der Waals surface area contributed by atoms with Crippen molar-refractivity contribution in [3.63, 3.8) is 0 Å². The van der Waals surface area contributed by atoms with Gasteiger partial charge in [-0.15, -0.1) is 6.42 Å². The lowest BCUT2D eigenvalue weighted by Crippen LogP contribution is -2.39.